The Morgan fingerprint density at radius 2 is 1.91 bits per heavy atom. The Morgan fingerprint density at radius 1 is 1.17 bits per heavy atom. The van der Waals surface area contributed by atoms with Gasteiger partial charge in [0.1, 0.15) is 0 Å². The van der Waals surface area contributed by atoms with Crippen molar-refractivity contribution in [2.75, 3.05) is 5.32 Å². The minimum absolute atomic E-state index is 0.0150. The Morgan fingerprint density at radius 3 is 2.65 bits per heavy atom. The summed E-state index contributed by atoms with van der Waals surface area (Å²) in [5, 5.41) is 14.9. The predicted octanol–water partition coefficient (Wildman–Crippen LogP) is 1.39. The fourth-order valence-electron chi connectivity index (χ4n) is 4.03. The first kappa shape index (κ1) is 14.0. The van der Waals surface area contributed by atoms with Gasteiger partial charge in [0.2, 0.25) is 5.91 Å². The van der Waals surface area contributed by atoms with Crippen molar-refractivity contribution in [3.05, 3.63) is 41.5 Å². The van der Waals surface area contributed by atoms with E-state index in [1.165, 1.54) is 0 Å². The lowest BCUT2D eigenvalue weighted by Crippen LogP contribution is -2.36. The zero-order chi connectivity index (χ0) is 16.1. The molecule has 4 rings (SSSR count). The smallest absolute Gasteiger partial charge is 0.307 e. The highest BCUT2D eigenvalue weighted by atomic mass is 16.4. The monoisotopic (exact) mass is 312 g/mol. The van der Waals surface area contributed by atoms with Crippen LogP contribution < -0.4 is 10.6 Å². The molecular formula is C17H16N2O4. The Balaban J connectivity index is 1.56. The van der Waals surface area contributed by atoms with Gasteiger partial charge >= 0.3 is 5.97 Å². The summed E-state index contributed by atoms with van der Waals surface area (Å²) in [4.78, 5) is 35.8. The van der Waals surface area contributed by atoms with Gasteiger partial charge in [0.25, 0.3) is 5.91 Å². The topological polar surface area (TPSA) is 95.5 Å². The van der Waals surface area contributed by atoms with Crippen LogP contribution in [0.25, 0.3) is 0 Å². The average molecular weight is 312 g/mol. The number of benzene rings is 1. The summed E-state index contributed by atoms with van der Waals surface area (Å²) in [5.74, 6) is -2.64. The third kappa shape index (κ3) is 2.13. The number of allylic oxidation sites excluding steroid dienone is 2. The number of anilines is 1. The van der Waals surface area contributed by atoms with Crippen molar-refractivity contribution in [2.45, 2.75) is 13.0 Å². The normalized spacial score (nSPS) is 30.2. The number of amides is 2. The average Bonchev–Trinajstić information content (AvgIpc) is 3.22. The first-order valence-corrected chi connectivity index (χ1v) is 7.67. The number of carbonyl (C=O) groups excluding carboxylic acids is 2. The molecule has 118 valence electrons. The molecule has 0 spiro atoms. The number of carbonyl (C=O) groups is 3. The summed E-state index contributed by atoms with van der Waals surface area (Å²) in [7, 11) is 0. The molecule has 2 bridgehead atoms. The first-order valence-electron chi connectivity index (χ1n) is 7.67. The predicted molar refractivity (Wildman–Crippen MR) is 81.6 cm³/mol. The molecule has 6 nitrogen and oxygen atoms in total. The minimum Gasteiger partial charge on any atom is -0.481 e. The maximum atomic E-state index is 12.6. The molecule has 1 aromatic rings. The van der Waals surface area contributed by atoms with E-state index >= 15 is 0 Å². The van der Waals surface area contributed by atoms with Gasteiger partial charge in [0, 0.05) is 17.8 Å². The number of hydrogen-bond acceptors (Lipinski definition) is 3. The van der Waals surface area contributed by atoms with E-state index in [4.69, 9.17) is 0 Å². The highest BCUT2D eigenvalue weighted by Crippen LogP contribution is 2.48. The first-order chi connectivity index (χ1) is 11.0. The molecule has 4 unspecified atom stereocenters. The van der Waals surface area contributed by atoms with Crippen molar-refractivity contribution in [1.82, 2.24) is 5.32 Å². The lowest BCUT2D eigenvalue weighted by Gasteiger charge is -2.23. The van der Waals surface area contributed by atoms with Crippen LogP contribution in [0.5, 0.6) is 0 Å². The zero-order valence-electron chi connectivity index (χ0n) is 12.3. The molecule has 3 aliphatic rings. The maximum Gasteiger partial charge on any atom is 0.307 e. The Bertz CT molecular complexity index is 755. The number of hydrogen-bond donors (Lipinski definition) is 3. The highest BCUT2D eigenvalue weighted by Gasteiger charge is 2.51. The molecule has 1 heterocycles. The fourth-order valence-corrected chi connectivity index (χ4v) is 4.03. The third-order valence-corrected chi connectivity index (χ3v) is 5.11. The Labute approximate surface area is 132 Å². The number of fused-ring (bicyclic) bond motifs is 3. The van der Waals surface area contributed by atoms with Crippen molar-refractivity contribution in [3.8, 4) is 0 Å². The van der Waals surface area contributed by atoms with E-state index < -0.39 is 17.8 Å². The van der Waals surface area contributed by atoms with Crippen LogP contribution in [0.4, 0.5) is 5.69 Å². The van der Waals surface area contributed by atoms with E-state index in [0.717, 1.165) is 12.0 Å². The second kappa shape index (κ2) is 4.94. The van der Waals surface area contributed by atoms with Gasteiger partial charge in [-0.05, 0) is 36.0 Å². The van der Waals surface area contributed by atoms with Crippen LogP contribution in [0, 0.1) is 23.7 Å². The molecule has 2 aliphatic carbocycles. The van der Waals surface area contributed by atoms with E-state index in [2.05, 4.69) is 10.6 Å². The van der Waals surface area contributed by atoms with Gasteiger partial charge in [0.15, 0.2) is 0 Å². The second-order valence-corrected chi connectivity index (χ2v) is 6.38. The molecule has 0 aromatic heterocycles. The van der Waals surface area contributed by atoms with Crippen LogP contribution >= 0.6 is 0 Å². The number of nitrogens with one attached hydrogen (secondary N) is 2. The fraction of sp³-hybridized carbons (Fsp3) is 0.353. The summed E-state index contributed by atoms with van der Waals surface area (Å²) in [6.07, 6.45) is 4.58. The van der Waals surface area contributed by atoms with Crippen LogP contribution in [0.3, 0.4) is 0 Å². The molecular weight excluding hydrogens is 296 g/mol. The molecule has 2 amide bonds. The van der Waals surface area contributed by atoms with Gasteiger partial charge in [-0.3, -0.25) is 14.4 Å². The van der Waals surface area contributed by atoms with Crippen molar-refractivity contribution in [2.24, 2.45) is 23.7 Å². The van der Waals surface area contributed by atoms with Crippen LogP contribution in [-0.4, -0.2) is 22.9 Å². The van der Waals surface area contributed by atoms with Crippen molar-refractivity contribution >= 4 is 23.5 Å². The molecule has 23 heavy (non-hydrogen) atoms. The molecule has 6 heteroatoms. The van der Waals surface area contributed by atoms with Crippen LogP contribution in [0.15, 0.2) is 30.4 Å². The van der Waals surface area contributed by atoms with E-state index in [9.17, 15) is 19.5 Å². The molecule has 1 saturated carbocycles. The SMILES string of the molecule is O=C1NCc2ccc(NC(=O)C3C4C=CC(C4)C3C(=O)O)cc21. The Kier molecular flexibility index (Phi) is 3.01. The molecule has 4 atom stereocenters. The molecule has 1 fully saturated rings. The minimum atomic E-state index is -0.921. The molecule has 3 N–H and O–H groups in total. The van der Waals surface area contributed by atoms with Gasteiger partial charge in [-0.25, -0.2) is 0 Å². The summed E-state index contributed by atoms with van der Waals surface area (Å²) < 4.78 is 0. The summed E-state index contributed by atoms with van der Waals surface area (Å²) in [6.45, 7) is 0.501. The number of aliphatic carboxylic acids is 1. The Hall–Kier alpha value is -2.63. The largest absolute Gasteiger partial charge is 0.481 e. The van der Waals surface area contributed by atoms with Crippen molar-refractivity contribution < 1.29 is 19.5 Å². The van der Waals surface area contributed by atoms with Crippen molar-refractivity contribution in [1.29, 1.82) is 0 Å². The lowest BCUT2D eigenvalue weighted by atomic mass is 9.82. The van der Waals surface area contributed by atoms with E-state index in [1.54, 1.807) is 18.2 Å². The summed E-state index contributed by atoms with van der Waals surface area (Å²) in [6, 6.07) is 5.20. The summed E-state index contributed by atoms with van der Waals surface area (Å²) in [5.41, 5.74) is 1.99. The van der Waals surface area contributed by atoms with Gasteiger partial charge < -0.3 is 15.7 Å². The second-order valence-electron chi connectivity index (χ2n) is 6.38. The highest BCUT2D eigenvalue weighted by molar-refractivity contribution is 6.01. The quantitative estimate of drug-likeness (QED) is 0.735. The van der Waals surface area contributed by atoms with E-state index in [1.807, 2.05) is 12.2 Å². The number of carboxylic acid groups (broad SMARTS) is 1. The van der Waals surface area contributed by atoms with E-state index in [-0.39, 0.29) is 23.7 Å². The van der Waals surface area contributed by atoms with E-state index in [0.29, 0.717) is 17.8 Å². The molecule has 0 radical (unpaired) electrons. The van der Waals surface area contributed by atoms with Crippen LogP contribution in [0.2, 0.25) is 0 Å². The standard InChI is InChI=1S/C17H16N2O4/c20-15-12-6-11(4-3-10(12)7-18-15)19-16(21)13-8-1-2-9(5-8)14(13)17(22)23/h1-4,6,8-9,13-14H,5,7H2,(H,18,20)(H,19,21)(H,22,23). The summed E-state index contributed by atoms with van der Waals surface area (Å²) >= 11 is 0. The van der Waals surface area contributed by atoms with Gasteiger partial charge in [-0.15, -0.1) is 0 Å². The van der Waals surface area contributed by atoms with Gasteiger partial charge in [-0.1, -0.05) is 18.2 Å². The molecule has 1 aliphatic heterocycles. The van der Waals surface area contributed by atoms with Gasteiger partial charge in [-0.2, -0.15) is 0 Å². The number of carboxylic acids is 1. The van der Waals surface area contributed by atoms with Crippen LogP contribution in [0.1, 0.15) is 22.3 Å². The van der Waals surface area contributed by atoms with Crippen LogP contribution in [-0.2, 0) is 16.1 Å². The maximum absolute atomic E-state index is 12.6. The van der Waals surface area contributed by atoms with Gasteiger partial charge in [0.05, 0.1) is 11.8 Å². The van der Waals surface area contributed by atoms with Crippen molar-refractivity contribution in [3.63, 3.8) is 0 Å². The number of rotatable bonds is 3. The molecule has 0 saturated heterocycles. The zero-order valence-corrected chi connectivity index (χ0v) is 12.3. The molecule has 1 aromatic carbocycles. The third-order valence-electron chi connectivity index (χ3n) is 5.11. The lowest BCUT2D eigenvalue weighted by molar-refractivity contribution is -0.146.